The molecular formula is C13H24NO3SSi. The number of nitrogens with zero attached hydrogens (tertiary/aromatic N) is 1. The quantitative estimate of drug-likeness (QED) is 0.250. The lowest BCUT2D eigenvalue weighted by atomic mass is 10.1. The van der Waals surface area contributed by atoms with Crippen LogP contribution in [0.3, 0.4) is 0 Å². The molecule has 0 spiro atoms. The number of methoxy groups -OCH3 is 1. The van der Waals surface area contributed by atoms with E-state index in [4.69, 9.17) is 5.26 Å². The van der Waals surface area contributed by atoms with Crippen LogP contribution in [-0.2, 0) is 4.74 Å². The third-order valence-electron chi connectivity index (χ3n) is 2.87. The van der Waals surface area contributed by atoms with Crippen LogP contribution in [0.25, 0.3) is 0 Å². The van der Waals surface area contributed by atoms with Gasteiger partial charge < -0.3 is 14.9 Å². The molecular weight excluding hydrogens is 278 g/mol. The summed E-state index contributed by atoms with van der Waals surface area (Å²) in [4.78, 5) is 0. The normalized spacial score (nSPS) is 16.7. The fraction of sp³-hybridized carbons (Fsp3) is 0.846. The predicted molar refractivity (Wildman–Crippen MR) is 81.0 cm³/mol. The molecule has 0 aromatic heterocycles. The van der Waals surface area contributed by atoms with Crippen LogP contribution < -0.4 is 0 Å². The van der Waals surface area contributed by atoms with Gasteiger partial charge in [-0.05, 0) is 6.42 Å². The zero-order valence-corrected chi connectivity index (χ0v) is 13.6. The number of thiol groups is 1. The number of aliphatic hydroxyl groups excluding tert-OH is 2. The fourth-order valence-electron chi connectivity index (χ4n) is 1.69. The number of ether oxygens (including phenoxy) is 1. The minimum absolute atomic E-state index is 0.218. The third kappa shape index (κ3) is 8.42. The molecule has 0 aliphatic carbocycles. The number of aliphatic hydroxyl groups is 2. The highest BCUT2D eigenvalue weighted by Crippen LogP contribution is 2.20. The molecule has 2 atom stereocenters. The van der Waals surface area contributed by atoms with Crippen LogP contribution in [0.5, 0.6) is 0 Å². The molecule has 0 aromatic carbocycles. The van der Waals surface area contributed by atoms with E-state index in [1.807, 2.05) is 0 Å². The maximum Gasteiger partial charge on any atom is 0.208 e. The van der Waals surface area contributed by atoms with E-state index in [1.165, 1.54) is 32.8 Å². The van der Waals surface area contributed by atoms with Gasteiger partial charge in [0, 0.05) is 7.11 Å². The number of hydrogen-bond acceptors (Lipinski definition) is 5. The first kappa shape index (κ1) is 18.6. The van der Waals surface area contributed by atoms with Gasteiger partial charge in [-0.25, -0.2) is 0 Å². The lowest BCUT2D eigenvalue weighted by Gasteiger charge is -2.17. The van der Waals surface area contributed by atoms with Gasteiger partial charge in [-0.3, -0.25) is 0 Å². The predicted octanol–water partition coefficient (Wildman–Crippen LogP) is 2.06. The Morgan fingerprint density at radius 1 is 1.37 bits per heavy atom. The third-order valence-corrected chi connectivity index (χ3v) is 4.81. The van der Waals surface area contributed by atoms with Crippen LogP contribution in [0, 0.1) is 11.3 Å². The summed E-state index contributed by atoms with van der Waals surface area (Å²) < 4.78 is 3.70. The molecule has 4 nitrogen and oxygen atoms in total. The first-order chi connectivity index (χ1) is 8.99. The number of unbranched alkanes of at least 4 members (excludes halogenated alkanes) is 5. The Kier molecular flexibility index (Phi) is 10.2. The largest absolute Gasteiger partial charge is 0.513 e. The fourth-order valence-corrected chi connectivity index (χ4v) is 3.22. The van der Waals surface area contributed by atoms with Crippen molar-refractivity contribution < 1.29 is 14.9 Å². The molecule has 0 bridgehead atoms. The molecule has 0 fully saturated rings. The minimum atomic E-state index is -1.33. The van der Waals surface area contributed by atoms with E-state index in [2.05, 4.69) is 30.4 Å². The van der Waals surface area contributed by atoms with Crippen LogP contribution in [0.2, 0.25) is 0 Å². The summed E-state index contributed by atoms with van der Waals surface area (Å²) in [7, 11) is 1.05. The highest BCUT2D eigenvalue weighted by molar-refractivity contribution is 7.83. The van der Waals surface area contributed by atoms with E-state index >= 15 is 0 Å². The van der Waals surface area contributed by atoms with Gasteiger partial charge >= 0.3 is 0 Å². The first-order valence-corrected chi connectivity index (χ1v) is 8.12. The monoisotopic (exact) mass is 302 g/mol. The Balaban J connectivity index is 4.20. The lowest BCUT2D eigenvalue weighted by molar-refractivity contribution is -0.0290. The van der Waals surface area contributed by atoms with E-state index in [9.17, 15) is 10.2 Å². The van der Waals surface area contributed by atoms with Crippen molar-refractivity contribution in [2.75, 3.05) is 7.11 Å². The molecule has 0 saturated heterocycles. The standard InChI is InChI=1S/C13H24NO3SSi/c1-3-4-5-6-7-8-9-13(18,10-14)19-12(16)11(15)17-2/h11,15-16,18H,3-9H2,1-2H3. The number of rotatable bonds is 10. The SMILES string of the molecule is CCCCCCCCC(S)(C#N)[Si]=C(O)C(O)OC. The Labute approximate surface area is 123 Å². The van der Waals surface area contributed by atoms with Crippen molar-refractivity contribution in [1.82, 2.24) is 0 Å². The topological polar surface area (TPSA) is 73.5 Å². The minimum Gasteiger partial charge on any atom is -0.513 e. The van der Waals surface area contributed by atoms with Crippen molar-refractivity contribution >= 4 is 27.1 Å². The van der Waals surface area contributed by atoms with Crippen molar-refractivity contribution in [3.05, 3.63) is 0 Å². The van der Waals surface area contributed by atoms with E-state index < -0.39 is 10.7 Å². The Morgan fingerprint density at radius 2 is 1.95 bits per heavy atom. The molecule has 2 unspecified atom stereocenters. The van der Waals surface area contributed by atoms with Crippen molar-refractivity contribution in [3.63, 3.8) is 0 Å². The molecule has 0 aliphatic rings. The Hall–Kier alpha value is -0.353. The highest BCUT2D eigenvalue weighted by atomic mass is 32.1. The van der Waals surface area contributed by atoms with Gasteiger partial charge in [0.2, 0.25) is 6.29 Å². The maximum absolute atomic E-state index is 9.61. The van der Waals surface area contributed by atoms with Gasteiger partial charge in [-0.2, -0.15) is 17.9 Å². The van der Waals surface area contributed by atoms with Gasteiger partial charge in [0.05, 0.1) is 6.07 Å². The van der Waals surface area contributed by atoms with Crippen molar-refractivity contribution in [2.24, 2.45) is 0 Å². The van der Waals surface area contributed by atoms with E-state index in [0.29, 0.717) is 6.42 Å². The van der Waals surface area contributed by atoms with Gasteiger partial charge in [0.1, 0.15) is 18.9 Å². The van der Waals surface area contributed by atoms with Crippen LogP contribution in [0.1, 0.15) is 51.9 Å². The second kappa shape index (κ2) is 10.4. The molecule has 2 N–H and O–H groups in total. The Morgan fingerprint density at radius 3 is 2.47 bits per heavy atom. The van der Waals surface area contributed by atoms with E-state index in [-0.39, 0.29) is 14.5 Å². The molecule has 1 radical (unpaired) electrons. The lowest BCUT2D eigenvalue weighted by Crippen LogP contribution is -2.34. The van der Waals surface area contributed by atoms with Crippen molar-refractivity contribution in [3.8, 4) is 6.07 Å². The molecule has 6 heteroatoms. The Bertz CT molecular complexity index is 320. The summed E-state index contributed by atoms with van der Waals surface area (Å²) in [6, 6.07) is 2.12. The van der Waals surface area contributed by atoms with E-state index in [1.54, 1.807) is 0 Å². The second-order valence-corrected chi connectivity index (χ2v) is 7.39. The summed E-state index contributed by atoms with van der Waals surface area (Å²) in [5.74, 6) is 0. The van der Waals surface area contributed by atoms with Crippen LogP contribution in [-0.4, -0.2) is 42.5 Å². The summed E-state index contributed by atoms with van der Waals surface area (Å²) in [6.07, 6.45) is 6.12. The summed E-state index contributed by atoms with van der Waals surface area (Å²) in [5, 5.41) is 27.9. The van der Waals surface area contributed by atoms with Crippen molar-refractivity contribution in [2.45, 2.75) is 62.5 Å². The van der Waals surface area contributed by atoms with Crippen LogP contribution in [0.4, 0.5) is 0 Å². The van der Waals surface area contributed by atoms with Gasteiger partial charge in [0.25, 0.3) is 0 Å². The molecule has 19 heavy (non-hydrogen) atoms. The zero-order valence-electron chi connectivity index (χ0n) is 11.7. The first-order valence-electron chi connectivity index (χ1n) is 6.67. The summed E-state index contributed by atoms with van der Waals surface area (Å²) >= 11 is 4.34. The maximum atomic E-state index is 9.61. The molecule has 0 amide bonds. The van der Waals surface area contributed by atoms with Crippen LogP contribution >= 0.6 is 12.6 Å². The summed E-state index contributed by atoms with van der Waals surface area (Å²) in [6.45, 7) is 2.18. The van der Waals surface area contributed by atoms with Gasteiger partial charge in [-0.1, -0.05) is 45.4 Å². The average Bonchev–Trinajstić information content (AvgIpc) is 2.41. The zero-order chi connectivity index (χ0) is 14.7. The number of nitriles is 1. The molecule has 109 valence electrons. The highest BCUT2D eigenvalue weighted by Gasteiger charge is 2.25. The molecule has 0 saturated carbocycles. The molecule has 0 heterocycles. The van der Waals surface area contributed by atoms with E-state index in [0.717, 1.165) is 12.8 Å². The molecule has 0 rings (SSSR count). The molecule has 0 aliphatic heterocycles. The smallest absolute Gasteiger partial charge is 0.208 e. The number of hydrogen-bond donors (Lipinski definition) is 3. The van der Waals surface area contributed by atoms with Crippen LogP contribution in [0.15, 0.2) is 0 Å². The summed E-state index contributed by atoms with van der Waals surface area (Å²) in [5.41, 5.74) is 0. The van der Waals surface area contributed by atoms with Gasteiger partial charge in [0.15, 0.2) is 0 Å². The average molecular weight is 302 g/mol. The van der Waals surface area contributed by atoms with Gasteiger partial charge in [-0.15, -0.1) is 0 Å². The second-order valence-electron chi connectivity index (χ2n) is 4.59. The molecule has 0 aromatic rings. The van der Waals surface area contributed by atoms with Crippen molar-refractivity contribution in [1.29, 1.82) is 5.26 Å².